The van der Waals surface area contributed by atoms with E-state index in [2.05, 4.69) is 31.9 Å². The Morgan fingerprint density at radius 3 is 1.70 bits per heavy atom. The summed E-state index contributed by atoms with van der Waals surface area (Å²) in [5, 5.41) is 0. The third kappa shape index (κ3) is 3.84. The number of rotatable bonds is 2. The lowest BCUT2D eigenvalue weighted by atomic mass is 9.97. The highest BCUT2D eigenvalue weighted by molar-refractivity contribution is 9.10. The average Bonchev–Trinajstić information content (AvgIpc) is 2.18. The lowest BCUT2D eigenvalue weighted by Crippen LogP contribution is -2.39. The van der Waals surface area contributed by atoms with E-state index in [9.17, 15) is 35.1 Å². The van der Waals surface area contributed by atoms with E-state index < -0.39 is 44.8 Å². The molecule has 1 atom stereocenters. The normalized spacial score (nSPS) is 14.8. The Morgan fingerprint density at radius 1 is 0.850 bits per heavy atom. The van der Waals surface area contributed by atoms with Crippen molar-refractivity contribution in [2.45, 2.75) is 17.2 Å². The highest BCUT2D eigenvalue weighted by Crippen LogP contribution is 2.50. The molecule has 0 saturated heterocycles. The largest absolute Gasteiger partial charge is 0.401 e. The summed E-state index contributed by atoms with van der Waals surface area (Å²) in [6.07, 6.45) is -11.3. The Morgan fingerprint density at radius 2 is 1.30 bits per heavy atom. The van der Waals surface area contributed by atoms with Gasteiger partial charge in [0.15, 0.2) is 5.92 Å². The second-order valence-corrected chi connectivity index (χ2v) is 5.59. The van der Waals surface area contributed by atoms with E-state index >= 15 is 0 Å². The summed E-state index contributed by atoms with van der Waals surface area (Å²) < 4.78 is 101. The molecule has 0 bridgehead atoms. The van der Waals surface area contributed by atoms with Crippen molar-refractivity contribution in [3.63, 3.8) is 0 Å². The molecule has 0 aromatic heterocycles. The van der Waals surface area contributed by atoms with E-state index in [1.54, 1.807) is 0 Å². The summed E-state index contributed by atoms with van der Waals surface area (Å²) >= 11 is 4.74. The number of benzene rings is 1. The molecule has 1 rings (SSSR count). The zero-order chi connectivity index (χ0) is 15.9. The van der Waals surface area contributed by atoms with Gasteiger partial charge in [0.25, 0.3) is 0 Å². The summed E-state index contributed by atoms with van der Waals surface area (Å²) in [6, 6.07) is 0.742. The highest BCUT2D eigenvalue weighted by Gasteiger charge is 2.60. The van der Waals surface area contributed by atoms with Gasteiger partial charge in [0.05, 0.1) is 9.30 Å². The van der Waals surface area contributed by atoms with E-state index in [4.69, 9.17) is 0 Å². The second kappa shape index (κ2) is 5.78. The summed E-state index contributed by atoms with van der Waals surface area (Å²) in [4.78, 5) is -2.50. The molecule has 0 N–H and O–H groups in total. The Labute approximate surface area is 124 Å². The Balaban J connectivity index is 3.34. The molecule has 114 valence electrons. The molecule has 20 heavy (non-hydrogen) atoms. The molecular formula is C10H4Br2F8. The molecule has 0 heterocycles. The van der Waals surface area contributed by atoms with Crippen LogP contribution in [0.5, 0.6) is 0 Å². The Hall–Kier alpha value is -0.380. The van der Waals surface area contributed by atoms with Crippen molar-refractivity contribution in [2.24, 2.45) is 5.92 Å². The maximum atomic E-state index is 13.5. The van der Waals surface area contributed by atoms with Gasteiger partial charge in [-0.1, -0.05) is 15.9 Å². The van der Waals surface area contributed by atoms with Crippen LogP contribution in [0, 0.1) is 17.6 Å². The first-order valence-corrected chi connectivity index (χ1v) is 6.48. The molecule has 0 aliphatic rings. The monoisotopic (exact) mass is 434 g/mol. The SMILES string of the molecule is Fc1cc(C(Br)C(C(F)(F)F)C(F)(F)F)c(F)cc1Br. The first-order chi connectivity index (χ1) is 8.85. The topological polar surface area (TPSA) is 0 Å². The van der Waals surface area contributed by atoms with Crippen LogP contribution in [0.1, 0.15) is 10.4 Å². The standard InChI is InChI=1S/C10H4Br2F8/c11-4-2-5(13)3(1-6(4)14)7(12)8(9(15,16)17)10(18,19)20/h1-2,7-8H. The third-order valence-corrected chi connectivity index (χ3v) is 3.96. The average molecular weight is 436 g/mol. The van der Waals surface area contributed by atoms with E-state index in [0.717, 1.165) is 0 Å². The van der Waals surface area contributed by atoms with Crippen LogP contribution in [0.15, 0.2) is 16.6 Å². The molecule has 10 heteroatoms. The molecule has 1 aromatic rings. The van der Waals surface area contributed by atoms with Crippen LogP contribution in [-0.2, 0) is 0 Å². The minimum Gasteiger partial charge on any atom is -0.207 e. The molecular weight excluding hydrogens is 432 g/mol. The van der Waals surface area contributed by atoms with Crippen molar-refractivity contribution >= 4 is 31.9 Å². The van der Waals surface area contributed by atoms with Gasteiger partial charge in [-0.2, -0.15) is 26.3 Å². The quantitative estimate of drug-likeness (QED) is 0.308. The fourth-order valence-corrected chi connectivity index (χ4v) is 2.71. The number of halogens is 10. The Bertz CT molecular complexity index is 479. The molecule has 0 radical (unpaired) electrons. The van der Waals surface area contributed by atoms with Crippen LogP contribution in [0.4, 0.5) is 35.1 Å². The summed E-state index contributed by atoms with van der Waals surface area (Å²) in [6.45, 7) is 0. The highest BCUT2D eigenvalue weighted by atomic mass is 79.9. The van der Waals surface area contributed by atoms with Gasteiger partial charge in [0.1, 0.15) is 11.6 Å². The Kier molecular flexibility index (Phi) is 5.11. The molecule has 0 fully saturated rings. The van der Waals surface area contributed by atoms with E-state index in [-0.39, 0.29) is 6.07 Å². The van der Waals surface area contributed by atoms with Crippen LogP contribution < -0.4 is 0 Å². The predicted octanol–water partition coefficient (Wildman–Crippen LogP) is 5.90. The second-order valence-electron chi connectivity index (χ2n) is 3.75. The minimum atomic E-state index is -5.66. The third-order valence-electron chi connectivity index (χ3n) is 2.33. The van der Waals surface area contributed by atoms with E-state index in [1.165, 1.54) is 0 Å². The van der Waals surface area contributed by atoms with Gasteiger partial charge < -0.3 is 0 Å². The fraction of sp³-hybridized carbons (Fsp3) is 0.400. The fourth-order valence-electron chi connectivity index (χ4n) is 1.45. The van der Waals surface area contributed by atoms with Crippen LogP contribution in [0.2, 0.25) is 0 Å². The first kappa shape index (κ1) is 17.7. The summed E-state index contributed by atoms with van der Waals surface area (Å²) in [5.41, 5.74) is -1.06. The lowest BCUT2D eigenvalue weighted by molar-refractivity contribution is -0.283. The molecule has 0 spiro atoms. The molecule has 0 aliphatic carbocycles. The van der Waals surface area contributed by atoms with Gasteiger partial charge in [0.2, 0.25) is 0 Å². The van der Waals surface area contributed by atoms with Crippen LogP contribution in [0.3, 0.4) is 0 Å². The zero-order valence-electron chi connectivity index (χ0n) is 9.09. The van der Waals surface area contributed by atoms with Gasteiger partial charge in [-0.05, 0) is 28.1 Å². The van der Waals surface area contributed by atoms with Crippen LogP contribution >= 0.6 is 31.9 Å². The number of hydrogen-bond acceptors (Lipinski definition) is 0. The predicted molar refractivity (Wildman–Crippen MR) is 61.3 cm³/mol. The van der Waals surface area contributed by atoms with Crippen molar-refractivity contribution in [3.05, 3.63) is 33.8 Å². The van der Waals surface area contributed by atoms with Crippen molar-refractivity contribution in [2.75, 3.05) is 0 Å². The lowest BCUT2D eigenvalue weighted by Gasteiger charge is -2.27. The minimum absolute atomic E-state index is 0.281. The van der Waals surface area contributed by atoms with Gasteiger partial charge in [-0.25, -0.2) is 8.78 Å². The van der Waals surface area contributed by atoms with Gasteiger partial charge in [-0.15, -0.1) is 0 Å². The summed E-state index contributed by atoms with van der Waals surface area (Å²) in [5.74, 6) is -6.42. The number of hydrogen-bond donors (Lipinski definition) is 0. The van der Waals surface area contributed by atoms with E-state index in [0.29, 0.717) is 6.07 Å². The van der Waals surface area contributed by atoms with Crippen molar-refractivity contribution < 1.29 is 35.1 Å². The van der Waals surface area contributed by atoms with Crippen LogP contribution in [-0.4, -0.2) is 12.4 Å². The molecule has 0 saturated carbocycles. The van der Waals surface area contributed by atoms with Gasteiger partial charge >= 0.3 is 12.4 Å². The molecule has 1 aromatic carbocycles. The van der Waals surface area contributed by atoms with Gasteiger partial charge in [-0.3, -0.25) is 0 Å². The van der Waals surface area contributed by atoms with Crippen molar-refractivity contribution in [1.82, 2.24) is 0 Å². The number of alkyl halides is 7. The summed E-state index contributed by atoms with van der Waals surface area (Å²) in [7, 11) is 0. The van der Waals surface area contributed by atoms with Gasteiger partial charge in [0, 0.05) is 5.56 Å². The van der Waals surface area contributed by atoms with Crippen molar-refractivity contribution in [3.8, 4) is 0 Å². The van der Waals surface area contributed by atoms with E-state index in [1.807, 2.05) is 0 Å². The molecule has 1 unspecified atom stereocenters. The molecule has 0 nitrogen and oxygen atoms in total. The maximum absolute atomic E-state index is 13.5. The maximum Gasteiger partial charge on any atom is 0.401 e. The van der Waals surface area contributed by atoms with Crippen LogP contribution in [0.25, 0.3) is 0 Å². The zero-order valence-corrected chi connectivity index (χ0v) is 12.3. The van der Waals surface area contributed by atoms with Crippen molar-refractivity contribution in [1.29, 1.82) is 0 Å². The molecule has 0 amide bonds. The molecule has 0 aliphatic heterocycles. The smallest absolute Gasteiger partial charge is 0.207 e. The first-order valence-electron chi connectivity index (χ1n) is 4.77.